The number of nitrogens with zero attached hydrogens (tertiary/aromatic N) is 2. The van der Waals surface area contributed by atoms with Gasteiger partial charge in [0.1, 0.15) is 22.4 Å². The van der Waals surface area contributed by atoms with Gasteiger partial charge in [0.05, 0.1) is 28.4 Å². The molecule has 7 heteroatoms. The second-order valence-electron chi connectivity index (χ2n) is 5.41. The second kappa shape index (κ2) is 8.36. The van der Waals surface area contributed by atoms with Crippen molar-refractivity contribution in [1.29, 1.82) is 5.26 Å². The quantitative estimate of drug-likeness (QED) is 0.295. The summed E-state index contributed by atoms with van der Waals surface area (Å²) in [6.07, 6.45) is 1.43. The molecule has 0 bridgehead atoms. The summed E-state index contributed by atoms with van der Waals surface area (Å²) >= 11 is 13.6. The molecule has 0 saturated heterocycles. The first-order valence-corrected chi connectivity index (χ1v) is 9.37. The maximum absolute atomic E-state index is 12.7. The number of nitriles is 1. The van der Waals surface area contributed by atoms with E-state index in [9.17, 15) is 10.1 Å². The minimum Gasteiger partial charge on any atom is -0.497 e. The number of ketones is 1. The fraction of sp³-hybridized carbons (Fsp3) is 0.0500. The first-order valence-electron chi connectivity index (χ1n) is 7.74. The smallest absolute Gasteiger partial charge is 0.206 e. The molecule has 0 aliphatic rings. The molecule has 134 valence electrons. The fourth-order valence-corrected chi connectivity index (χ4v) is 3.73. The SMILES string of the molecule is COc1cccc(-c2nc(/C=C(/C#N)C(=O)c3c(Cl)cccc3Cl)cs2)c1. The lowest BCUT2D eigenvalue weighted by molar-refractivity contribution is 0.104. The number of rotatable bonds is 5. The molecule has 3 rings (SSSR count). The first kappa shape index (κ1) is 19.1. The van der Waals surface area contributed by atoms with E-state index in [4.69, 9.17) is 27.9 Å². The Morgan fingerprint density at radius 1 is 1.22 bits per heavy atom. The maximum atomic E-state index is 12.7. The number of carbonyl (C=O) groups is 1. The summed E-state index contributed by atoms with van der Waals surface area (Å²) in [6.45, 7) is 0. The zero-order valence-electron chi connectivity index (χ0n) is 14.1. The molecule has 0 amide bonds. The van der Waals surface area contributed by atoms with E-state index in [2.05, 4.69) is 4.98 Å². The van der Waals surface area contributed by atoms with Crippen molar-refractivity contribution in [3.63, 3.8) is 0 Å². The third-order valence-electron chi connectivity index (χ3n) is 3.69. The molecule has 0 unspecified atom stereocenters. The number of methoxy groups -OCH3 is 1. The van der Waals surface area contributed by atoms with Crippen LogP contribution in [-0.2, 0) is 0 Å². The molecule has 27 heavy (non-hydrogen) atoms. The molecule has 0 saturated carbocycles. The van der Waals surface area contributed by atoms with E-state index in [1.165, 1.54) is 17.4 Å². The topological polar surface area (TPSA) is 63.0 Å². The van der Waals surface area contributed by atoms with Crippen LogP contribution in [0.4, 0.5) is 0 Å². The molecule has 0 spiro atoms. The number of thiazole rings is 1. The summed E-state index contributed by atoms with van der Waals surface area (Å²) in [6, 6.07) is 14.1. The minimum absolute atomic E-state index is 0.0903. The molecule has 0 aliphatic carbocycles. The molecule has 0 fully saturated rings. The Kier molecular flexibility index (Phi) is 5.92. The van der Waals surface area contributed by atoms with Crippen LogP contribution in [0.25, 0.3) is 16.6 Å². The predicted octanol–water partition coefficient (Wildman–Crippen LogP) is 5.92. The van der Waals surface area contributed by atoms with Crippen LogP contribution in [0.3, 0.4) is 0 Å². The number of benzene rings is 2. The van der Waals surface area contributed by atoms with Gasteiger partial charge in [0.25, 0.3) is 0 Å². The van der Waals surface area contributed by atoms with Crippen molar-refractivity contribution >= 4 is 46.4 Å². The van der Waals surface area contributed by atoms with Crippen LogP contribution in [0.15, 0.2) is 53.4 Å². The molecule has 2 aromatic carbocycles. The Labute approximate surface area is 170 Å². The standard InChI is InChI=1S/C20H12Cl2N2O2S/c1-26-15-5-2-4-12(9-15)20-24-14(11-27-20)8-13(10-23)19(25)18-16(21)6-3-7-17(18)22/h2-9,11H,1H3/b13-8-. The van der Waals surface area contributed by atoms with Crippen LogP contribution in [0, 0.1) is 11.3 Å². The molecule has 0 radical (unpaired) electrons. The molecule has 1 heterocycles. The number of allylic oxidation sites excluding steroid dienone is 1. The highest BCUT2D eigenvalue weighted by Gasteiger charge is 2.19. The van der Waals surface area contributed by atoms with Crippen LogP contribution in [0.5, 0.6) is 5.75 Å². The summed E-state index contributed by atoms with van der Waals surface area (Å²) in [5, 5.41) is 12.3. The Bertz CT molecular complexity index is 1060. The largest absolute Gasteiger partial charge is 0.497 e. The summed E-state index contributed by atoms with van der Waals surface area (Å²) in [5.74, 6) is 0.185. The molecule has 0 N–H and O–H groups in total. The molecule has 0 atom stereocenters. The van der Waals surface area contributed by atoms with Gasteiger partial charge in [-0.3, -0.25) is 4.79 Å². The average Bonchev–Trinajstić information content (AvgIpc) is 3.14. The van der Waals surface area contributed by atoms with Crippen LogP contribution >= 0.6 is 34.5 Å². The lowest BCUT2D eigenvalue weighted by Gasteiger charge is -2.04. The Hall–Kier alpha value is -2.65. The third-order valence-corrected chi connectivity index (χ3v) is 5.23. The van der Waals surface area contributed by atoms with Gasteiger partial charge < -0.3 is 4.74 Å². The van der Waals surface area contributed by atoms with Gasteiger partial charge in [-0.25, -0.2) is 4.98 Å². The van der Waals surface area contributed by atoms with Crippen molar-refractivity contribution in [3.8, 4) is 22.4 Å². The highest BCUT2D eigenvalue weighted by atomic mass is 35.5. The van der Waals surface area contributed by atoms with Crippen LogP contribution in [-0.4, -0.2) is 17.9 Å². The van der Waals surface area contributed by atoms with E-state index in [-0.39, 0.29) is 21.2 Å². The monoisotopic (exact) mass is 414 g/mol. The molecular formula is C20H12Cl2N2O2S. The summed E-state index contributed by atoms with van der Waals surface area (Å²) in [5.41, 5.74) is 1.41. The van der Waals surface area contributed by atoms with E-state index < -0.39 is 5.78 Å². The summed E-state index contributed by atoms with van der Waals surface area (Å²) in [4.78, 5) is 17.2. The maximum Gasteiger partial charge on any atom is 0.206 e. The second-order valence-corrected chi connectivity index (χ2v) is 7.08. The molecular weight excluding hydrogens is 403 g/mol. The van der Waals surface area contributed by atoms with E-state index in [0.29, 0.717) is 5.69 Å². The normalized spacial score (nSPS) is 11.1. The number of carbonyl (C=O) groups excluding carboxylic acids is 1. The minimum atomic E-state index is -0.538. The number of halogens is 2. The van der Waals surface area contributed by atoms with Gasteiger partial charge in [-0.2, -0.15) is 5.26 Å². The van der Waals surface area contributed by atoms with Crippen molar-refractivity contribution in [2.75, 3.05) is 7.11 Å². The number of ether oxygens (including phenoxy) is 1. The Balaban J connectivity index is 1.94. The van der Waals surface area contributed by atoms with Crippen LogP contribution < -0.4 is 4.74 Å². The van der Waals surface area contributed by atoms with Crippen molar-refractivity contribution in [2.24, 2.45) is 0 Å². The van der Waals surface area contributed by atoms with Gasteiger partial charge in [0.2, 0.25) is 5.78 Å². The highest BCUT2D eigenvalue weighted by Crippen LogP contribution is 2.29. The molecule has 1 aromatic heterocycles. The van der Waals surface area contributed by atoms with Gasteiger partial charge in [-0.05, 0) is 30.3 Å². The van der Waals surface area contributed by atoms with Gasteiger partial charge in [0.15, 0.2) is 0 Å². The fourth-order valence-electron chi connectivity index (χ4n) is 2.39. The Morgan fingerprint density at radius 3 is 2.59 bits per heavy atom. The van der Waals surface area contributed by atoms with E-state index in [1.54, 1.807) is 30.7 Å². The Morgan fingerprint density at radius 2 is 1.93 bits per heavy atom. The summed E-state index contributed by atoms with van der Waals surface area (Å²) in [7, 11) is 1.60. The lowest BCUT2D eigenvalue weighted by atomic mass is 10.0. The number of aromatic nitrogens is 1. The van der Waals surface area contributed by atoms with E-state index in [0.717, 1.165) is 16.3 Å². The van der Waals surface area contributed by atoms with Crippen molar-refractivity contribution in [3.05, 3.63) is 74.7 Å². The van der Waals surface area contributed by atoms with E-state index >= 15 is 0 Å². The zero-order chi connectivity index (χ0) is 19.4. The molecule has 3 aromatic rings. The highest BCUT2D eigenvalue weighted by molar-refractivity contribution is 7.13. The van der Waals surface area contributed by atoms with Crippen molar-refractivity contribution in [1.82, 2.24) is 4.98 Å². The van der Waals surface area contributed by atoms with Gasteiger partial charge in [-0.1, -0.05) is 41.4 Å². The number of Topliss-reactive ketones (excluding diaryl/α,β-unsaturated/α-hetero) is 1. The lowest BCUT2D eigenvalue weighted by Crippen LogP contribution is -2.04. The van der Waals surface area contributed by atoms with Crippen LogP contribution in [0.2, 0.25) is 10.0 Å². The number of hydrogen-bond acceptors (Lipinski definition) is 5. The van der Waals surface area contributed by atoms with Gasteiger partial charge >= 0.3 is 0 Å². The summed E-state index contributed by atoms with van der Waals surface area (Å²) < 4.78 is 5.22. The van der Waals surface area contributed by atoms with E-state index in [1.807, 2.05) is 30.3 Å². The first-order chi connectivity index (χ1) is 13.0. The zero-order valence-corrected chi connectivity index (χ0v) is 16.4. The average molecular weight is 415 g/mol. The third kappa shape index (κ3) is 4.20. The van der Waals surface area contributed by atoms with Crippen molar-refractivity contribution in [2.45, 2.75) is 0 Å². The molecule has 0 aliphatic heterocycles. The number of hydrogen-bond donors (Lipinski definition) is 0. The molecule has 4 nitrogen and oxygen atoms in total. The predicted molar refractivity (Wildman–Crippen MR) is 108 cm³/mol. The van der Waals surface area contributed by atoms with Crippen LogP contribution in [0.1, 0.15) is 16.1 Å². The van der Waals surface area contributed by atoms with Crippen molar-refractivity contribution < 1.29 is 9.53 Å². The van der Waals surface area contributed by atoms with Gasteiger partial charge in [-0.15, -0.1) is 11.3 Å². The van der Waals surface area contributed by atoms with Gasteiger partial charge in [0, 0.05) is 10.9 Å².